The van der Waals surface area contributed by atoms with Crippen molar-refractivity contribution in [3.63, 3.8) is 0 Å². The molecule has 1 N–H and O–H groups in total. The number of benzene rings is 2. The molecule has 0 aliphatic rings. The van der Waals surface area contributed by atoms with Gasteiger partial charge in [-0.2, -0.15) is 14.2 Å². The van der Waals surface area contributed by atoms with Crippen molar-refractivity contribution in [2.75, 3.05) is 0 Å². The van der Waals surface area contributed by atoms with Crippen LogP contribution >= 0.6 is 0 Å². The van der Waals surface area contributed by atoms with Crippen LogP contribution in [0.4, 0.5) is 0 Å². The highest BCUT2D eigenvalue weighted by Crippen LogP contribution is 2.12. The quantitative estimate of drug-likeness (QED) is 0.512. The zero-order valence-electron chi connectivity index (χ0n) is 14.3. The molecule has 0 saturated carbocycles. The highest BCUT2D eigenvalue weighted by atomic mass is 32.2. The van der Waals surface area contributed by atoms with Crippen molar-refractivity contribution < 1.29 is 8.42 Å². The summed E-state index contributed by atoms with van der Waals surface area (Å²) >= 11 is 0. The summed E-state index contributed by atoms with van der Waals surface area (Å²) in [4.78, 5) is 24.6. The molecule has 4 aromatic rings. The van der Waals surface area contributed by atoms with E-state index in [-0.39, 0.29) is 17.3 Å². The zero-order valence-corrected chi connectivity index (χ0v) is 15.2. The van der Waals surface area contributed by atoms with Crippen molar-refractivity contribution in [1.29, 1.82) is 0 Å². The molecule has 2 aromatic carbocycles. The summed E-state index contributed by atoms with van der Waals surface area (Å²) < 4.78 is 28.5. The van der Waals surface area contributed by atoms with Gasteiger partial charge < -0.3 is 0 Å². The number of nitrogens with one attached hydrogen (secondary N) is 1. The van der Waals surface area contributed by atoms with Gasteiger partial charge in [0.15, 0.2) is 5.82 Å². The van der Waals surface area contributed by atoms with Crippen LogP contribution in [-0.2, 0) is 16.6 Å². The lowest BCUT2D eigenvalue weighted by Gasteiger charge is -2.07. The molecule has 0 radical (unpaired) electrons. The van der Waals surface area contributed by atoms with Crippen molar-refractivity contribution in [3.05, 3.63) is 93.8 Å². The standard InChI is InChI=1S/C17H14N6O4S/c24-16-20-19-15(23(16)28(26,27)14-9-5-2-6-10-14)11-22-17(25)21(12-18-22)13-7-3-1-4-8-13/h1-10,12H,11H2,(H,20,24). The zero-order chi connectivity index (χ0) is 19.7. The molecule has 2 aromatic heterocycles. The topological polar surface area (TPSA) is 125 Å². The summed E-state index contributed by atoms with van der Waals surface area (Å²) in [5.41, 5.74) is -0.810. The lowest BCUT2D eigenvalue weighted by atomic mass is 10.3. The predicted molar refractivity (Wildman–Crippen MR) is 98.8 cm³/mol. The van der Waals surface area contributed by atoms with Gasteiger partial charge >= 0.3 is 11.4 Å². The smallest absolute Gasteiger partial charge is 0.250 e. The van der Waals surface area contributed by atoms with E-state index in [2.05, 4.69) is 15.3 Å². The molecule has 0 aliphatic carbocycles. The first-order valence-electron chi connectivity index (χ1n) is 8.15. The number of rotatable bonds is 5. The molecule has 0 atom stereocenters. The van der Waals surface area contributed by atoms with E-state index in [1.807, 2.05) is 6.07 Å². The van der Waals surface area contributed by atoms with E-state index < -0.39 is 21.4 Å². The number of para-hydroxylation sites is 1. The highest BCUT2D eigenvalue weighted by molar-refractivity contribution is 7.90. The largest absolute Gasteiger partial charge is 0.357 e. The molecule has 142 valence electrons. The summed E-state index contributed by atoms with van der Waals surface area (Å²) in [6.45, 7) is -0.302. The van der Waals surface area contributed by atoms with Crippen molar-refractivity contribution in [2.45, 2.75) is 11.4 Å². The summed E-state index contributed by atoms with van der Waals surface area (Å²) in [6, 6.07) is 16.3. The molecule has 2 heterocycles. The third-order valence-electron chi connectivity index (χ3n) is 4.04. The Hall–Kier alpha value is -3.73. The Labute approximate surface area is 158 Å². The Bertz CT molecular complexity index is 1330. The van der Waals surface area contributed by atoms with Crippen LogP contribution in [0, 0.1) is 0 Å². The van der Waals surface area contributed by atoms with E-state index >= 15 is 0 Å². The van der Waals surface area contributed by atoms with E-state index in [0.717, 1.165) is 4.68 Å². The normalized spacial score (nSPS) is 11.6. The minimum absolute atomic E-state index is 0.0677. The van der Waals surface area contributed by atoms with Crippen LogP contribution < -0.4 is 11.4 Å². The highest BCUT2D eigenvalue weighted by Gasteiger charge is 2.25. The van der Waals surface area contributed by atoms with Crippen LogP contribution in [0.3, 0.4) is 0 Å². The number of hydrogen-bond donors (Lipinski definition) is 1. The number of nitrogens with zero attached hydrogens (tertiary/aromatic N) is 5. The Balaban J connectivity index is 1.75. The average molecular weight is 398 g/mol. The van der Waals surface area contributed by atoms with Crippen molar-refractivity contribution in [2.24, 2.45) is 0 Å². The second-order valence-electron chi connectivity index (χ2n) is 5.80. The maximum atomic E-state index is 12.8. The first kappa shape index (κ1) is 17.7. The minimum Gasteiger partial charge on any atom is -0.250 e. The van der Waals surface area contributed by atoms with E-state index in [4.69, 9.17) is 0 Å². The average Bonchev–Trinajstić information content (AvgIpc) is 3.26. The van der Waals surface area contributed by atoms with E-state index in [1.165, 1.54) is 23.0 Å². The van der Waals surface area contributed by atoms with E-state index in [9.17, 15) is 18.0 Å². The maximum absolute atomic E-state index is 12.8. The van der Waals surface area contributed by atoms with Gasteiger partial charge in [-0.3, -0.25) is 0 Å². The molecule has 0 spiro atoms. The number of hydrogen-bond acceptors (Lipinski definition) is 6. The van der Waals surface area contributed by atoms with Crippen LogP contribution in [-0.4, -0.2) is 36.9 Å². The fraction of sp³-hybridized carbons (Fsp3) is 0.0588. The van der Waals surface area contributed by atoms with Gasteiger partial charge in [0.2, 0.25) is 0 Å². The van der Waals surface area contributed by atoms with Gasteiger partial charge in [-0.25, -0.2) is 32.4 Å². The third kappa shape index (κ3) is 2.97. The van der Waals surface area contributed by atoms with Gasteiger partial charge in [-0.05, 0) is 24.3 Å². The molecule has 11 heteroatoms. The van der Waals surface area contributed by atoms with E-state index in [0.29, 0.717) is 9.66 Å². The molecule has 0 amide bonds. The number of aromatic amines is 1. The summed E-state index contributed by atoms with van der Waals surface area (Å²) in [7, 11) is -4.17. The Morgan fingerprint density at radius 1 is 0.929 bits per heavy atom. The van der Waals surface area contributed by atoms with Crippen LogP contribution in [0.1, 0.15) is 5.82 Å². The van der Waals surface area contributed by atoms with Crippen LogP contribution in [0.25, 0.3) is 5.69 Å². The van der Waals surface area contributed by atoms with Crippen LogP contribution in [0.15, 0.2) is 81.5 Å². The van der Waals surface area contributed by atoms with Gasteiger partial charge in [0, 0.05) is 0 Å². The lowest BCUT2D eigenvalue weighted by molar-refractivity contribution is 0.573. The fourth-order valence-corrected chi connectivity index (χ4v) is 4.06. The first-order chi connectivity index (χ1) is 13.5. The molecule has 0 unspecified atom stereocenters. The van der Waals surface area contributed by atoms with Gasteiger partial charge in [-0.15, -0.1) is 0 Å². The predicted octanol–water partition coefficient (Wildman–Crippen LogP) is 0.204. The van der Waals surface area contributed by atoms with Gasteiger partial charge in [-0.1, -0.05) is 36.4 Å². The monoisotopic (exact) mass is 398 g/mol. The van der Waals surface area contributed by atoms with Crippen molar-refractivity contribution in [1.82, 2.24) is 28.5 Å². The summed E-state index contributed by atoms with van der Waals surface area (Å²) in [5.74, 6) is -0.158. The molecular weight excluding hydrogens is 384 g/mol. The summed E-state index contributed by atoms with van der Waals surface area (Å²) in [6.07, 6.45) is 1.32. The summed E-state index contributed by atoms with van der Waals surface area (Å²) in [5, 5.41) is 9.88. The van der Waals surface area contributed by atoms with Crippen LogP contribution in [0.5, 0.6) is 0 Å². The van der Waals surface area contributed by atoms with Crippen molar-refractivity contribution in [3.8, 4) is 5.69 Å². The second kappa shape index (κ2) is 6.78. The minimum atomic E-state index is -4.17. The molecule has 0 fully saturated rings. The SMILES string of the molecule is O=c1n(-c2ccccc2)cnn1Cc1n[nH]c(=O)n1S(=O)(=O)c1ccccc1. The molecule has 0 saturated heterocycles. The van der Waals surface area contributed by atoms with E-state index in [1.54, 1.807) is 42.5 Å². The molecule has 0 bridgehead atoms. The van der Waals surface area contributed by atoms with Crippen LogP contribution in [0.2, 0.25) is 0 Å². The molecule has 28 heavy (non-hydrogen) atoms. The number of aromatic nitrogens is 6. The Morgan fingerprint density at radius 2 is 1.57 bits per heavy atom. The molecular formula is C17H14N6O4S. The van der Waals surface area contributed by atoms with Gasteiger partial charge in [0.25, 0.3) is 10.0 Å². The second-order valence-corrected chi connectivity index (χ2v) is 7.59. The Morgan fingerprint density at radius 3 is 2.25 bits per heavy atom. The molecule has 0 aliphatic heterocycles. The fourth-order valence-electron chi connectivity index (χ4n) is 2.71. The van der Waals surface area contributed by atoms with Crippen molar-refractivity contribution >= 4 is 10.0 Å². The molecule has 10 nitrogen and oxygen atoms in total. The third-order valence-corrected chi connectivity index (χ3v) is 5.77. The number of H-pyrrole nitrogens is 1. The maximum Gasteiger partial charge on any atom is 0.357 e. The van der Waals surface area contributed by atoms with Gasteiger partial charge in [0.1, 0.15) is 12.9 Å². The Kier molecular flexibility index (Phi) is 4.28. The first-order valence-corrected chi connectivity index (χ1v) is 9.59. The van der Waals surface area contributed by atoms with Gasteiger partial charge in [0.05, 0.1) is 10.6 Å². The lowest BCUT2D eigenvalue weighted by Crippen LogP contribution is -2.30. The molecule has 4 rings (SSSR count).